The predicted molar refractivity (Wildman–Crippen MR) is 89.9 cm³/mol. The Labute approximate surface area is 132 Å². The van der Waals surface area contributed by atoms with Gasteiger partial charge in [0.05, 0.1) is 0 Å². The van der Waals surface area contributed by atoms with Crippen LogP contribution in [-0.4, -0.2) is 18.2 Å². The van der Waals surface area contributed by atoms with Crippen molar-refractivity contribution in [3.8, 4) is 5.75 Å². The second-order valence-electron chi connectivity index (χ2n) is 7.31. The third-order valence-electron chi connectivity index (χ3n) is 6.45. The molecule has 3 unspecified atom stereocenters. The van der Waals surface area contributed by atoms with Crippen LogP contribution in [-0.2, 0) is 5.41 Å². The summed E-state index contributed by atoms with van der Waals surface area (Å²) in [5.41, 5.74) is 3.17. The van der Waals surface area contributed by atoms with Crippen LogP contribution >= 0.6 is 0 Å². The maximum Gasteiger partial charge on any atom is 0.115 e. The average molecular weight is 295 g/mol. The number of phenolic OH excluding ortho intramolecular Hbond substituents is 1. The van der Waals surface area contributed by atoms with Gasteiger partial charge in [0.2, 0.25) is 0 Å². The molecule has 1 saturated heterocycles. The average Bonchev–Trinajstić information content (AvgIpc) is 2.53. The fraction of sp³-hybridized carbons (Fsp3) is 0.500. The van der Waals surface area contributed by atoms with Gasteiger partial charge in [0.15, 0.2) is 0 Å². The van der Waals surface area contributed by atoms with Crippen molar-refractivity contribution in [2.45, 2.75) is 38.0 Å². The quantitative estimate of drug-likeness (QED) is 0.823. The summed E-state index contributed by atoms with van der Waals surface area (Å²) in [6.45, 7) is 4.41. The van der Waals surface area contributed by atoms with Gasteiger partial charge in [-0.2, -0.15) is 0 Å². The molecule has 4 rings (SSSR count). The molecule has 1 aromatic rings. The number of hydrogen-bond donors (Lipinski definition) is 2. The van der Waals surface area contributed by atoms with E-state index in [0.29, 0.717) is 11.7 Å². The van der Waals surface area contributed by atoms with Crippen molar-refractivity contribution < 1.29 is 5.11 Å². The first kappa shape index (κ1) is 14.1. The van der Waals surface area contributed by atoms with Gasteiger partial charge in [0, 0.05) is 17.4 Å². The molecule has 0 bridgehead atoms. The van der Waals surface area contributed by atoms with E-state index in [1.54, 1.807) is 6.07 Å². The highest BCUT2D eigenvalue weighted by Crippen LogP contribution is 2.61. The molecular formula is C20H25NO. The number of aromatic hydroxyl groups is 1. The van der Waals surface area contributed by atoms with Crippen LogP contribution in [0.1, 0.15) is 38.2 Å². The molecule has 116 valence electrons. The lowest BCUT2D eigenvalue weighted by Gasteiger charge is -2.61. The summed E-state index contributed by atoms with van der Waals surface area (Å²) < 4.78 is 0. The summed E-state index contributed by atoms with van der Waals surface area (Å²) in [4.78, 5) is 0. The van der Waals surface area contributed by atoms with Crippen molar-refractivity contribution in [1.82, 2.24) is 5.32 Å². The van der Waals surface area contributed by atoms with E-state index >= 15 is 0 Å². The topological polar surface area (TPSA) is 32.3 Å². The van der Waals surface area contributed by atoms with Crippen molar-refractivity contribution in [3.63, 3.8) is 0 Å². The monoisotopic (exact) mass is 295 g/mol. The van der Waals surface area contributed by atoms with Crippen LogP contribution in [0.5, 0.6) is 5.75 Å². The first-order valence-corrected chi connectivity index (χ1v) is 8.54. The number of rotatable bonds is 1. The van der Waals surface area contributed by atoms with E-state index in [1.165, 1.54) is 36.8 Å². The van der Waals surface area contributed by atoms with E-state index in [1.807, 2.05) is 12.1 Å². The first-order valence-electron chi connectivity index (χ1n) is 8.54. The van der Waals surface area contributed by atoms with Gasteiger partial charge in [-0.15, -0.1) is 0 Å². The Kier molecular flexibility index (Phi) is 3.19. The SMILES string of the molecule is CC1=CC=CC23CCNCC2(c2cccc(O)c2)CCCC13. The molecule has 2 aliphatic carbocycles. The van der Waals surface area contributed by atoms with Gasteiger partial charge in [-0.25, -0.2) is 0 Å². The van der Waals surface area contributed by atoms with Crippen molar-refractivity contribution in [1.29, 1.82) is 0 Å². The normalized spacial score (nSPS) is 37.1. The molecule has 1 spiro atoms. The number of piperidine rings is 1. The van der Waals surface area contributed by atoms with Gasteiger partial charge in [-0.3, -0.25) is 0 Å². The minimum absolute atomic E-state index is 0.110. The third-order valence-corrected chi connectivity index (χ3v) is 6.45. The number of nitrogens with one attached hydrogen (secondary N) is 1. The molecule has 1 heterocycles. The smallest absolute Gasteiger partial charge is 0.115 e. The Morgan fingerprint density at radius 3 is 3.05 bits per heavy atom. The minimum atomic E-state index is 0.110. The molecule has 2 heteroatoms. The molecule has 2 N–H and O–H groups in total. The summed E-state index contributed by atoms with van der Waals surface area (Å²) in [5, 5.41) is 13.7. The van der Waals surface area contributed by atoms with Gasteiger partial charge < -0.3 is 10.4 Å². The Morgan fingerprint density at radius 2 is 2.18 bits per heavy atom. The Morgan fingerprint density at radius 1 is 1.27 bits per heavy atom. The minimum Gasteiger partial charge on any atom is -0.508 e. The molecule has 2 nitrogen and oxygen atoms in total. The van der Waals surface area contributed by atoms with Crippen molar-refractivity contribution in [2.75, 3.05) is 13.1 Å². The van der Waals surface area contributed by atoms with Crippen molar-refractivity contribution in [3.05, 3.63) is 53.6 Å². The maximum absolute atomic E-state index is 10.0. The Balaban J connectivity index is 1.91. The molecular weight excluding hydrogens is 270 g/mol. The van der Waals surface area contributed by atoms with Crippen LogP contribution in [0.4, 0.5) is 0 Å². The zero-order valence-electron chi connectivity index (χ0n) is 13.3. The molecule has 3 atom stereocenters. The molecule has 0 radical (unpaired) electrons. The van der Waals surface area contributed by atoms with Crippen LogP contribution in [0.2, 0.25) is 0 Å². The number of hydrogen-bond acceptors (Lipinski definition) is 2. The molecule has 22 heavy (non-hydrogen) atoms. The molecule has 3 aliphatic rings. The zero-order chi connectivity index (χ0) is 15.2. The third kappa shape index (κ3) is 1.77. The van der Waals surface area contributed by atoms with E-state index in [-0.39, 0.29) is 10.8 Å². The number of allylic oxidation sites excluding steroid dienone is 4. The van der Waals surface area contributed by atoms with Crippen LogP contribution in [0.15, 0.2) is 48.1 Å². The second kappa shape index (κ2) is 4.99. The summed E-state index contributed by atoms with van der Waals surface area (Å²) >= 11 is 0. The van der Waals surface area contributed by atoms with Crippen molar-refractivity contribution >= 4 is 0 Å². The second-order valence-corrected chi connectivity index (χ2v) is 7.31. The standard InChI is InChI=1S/C20H25NO/c1-15-5-3-9-19-11-12-21-14-20(19,10-4-8-18(15)19)16-6-2-7-17(22)13-16/h2-3,5-7,9,13,18,21-22H,4,8,10-12,14H2,1H3. The van der Waals surface area contributed by atoms with Gasteiger partial charge in [0.25, 0.3) is 0 Å². The van der Waals surface area contributed by atoms with E-state index in [4.69, 9.17) is 0 Å². The van der Waals surface area contributed by atoms with Crippen LogP contribution in [0, 0.1) is 11.3 Å². The van der Waals surface area contributed by atoms with E-state index < -0.39 is 0 Å². The molecule has 0 amide bonds. The maximum atomic E-state index is 10.0. The lowest BCUT2D eigenvalue weighted by molar-refractivity contribution is 0.0219. The fourth-order valence-electron chi connectivity index (χ4n) is 5.49. The van der Waals surface area contributed by atoms with Gasteiger partial charge in [0.1, 0.15) is 5.75 Å². The molecule has 2 fully saturated rings. The lowest BCUT2D eigenvalue weighted by atomic mass is 9.45. The highest BCUT2D eigenvalue weighted by Gasteiger charge is 2.58. The molecule has 1 aliphatic heterocycles. The summed E-state index contributed by atoms with van der Waals surface area (Å²) in [7, 11) is 0. The van der Waals surface area contributed by atoms with E-state index in [2.05, 4.69) is 36.5 Å². The van der Waals surface area contributed by atoms with Gasteiger partial charge in [-0.05, 0) is 56.3 Å². The molecule has 1 saturated carbocycles. The van der Waals surface area contributed by atoms with Crippen LogP contribution < -0.4 is 5.32 Å². The fourth-order valence-corrected chi connectivity index (χ4v) is 5.49. The number of benzene rings is 1. The van der Waals surface area contributed by atoms with E-state index in [0.717, 1.165) is 13.1 Å². The van der Waals surface area contributed by atoms with Crippen molar-refractivity contribution in [2.24, 2.45) is 11.3 Å². The van der Waals surface area contributed by atoms with Gasteiger partial charge >= 0.3 is 0 Å². The van der Waals surface area contributed by atoms with Crippen LogP contribution in [0.3, 0.4) is 0 Å². The van der Waals surface area contributed by atoms with E-state index in [9.17, 15) is 5.11 Å². The predicted octanol–water partition coefficient (Wildman–Crippen LogP) is 3.93. The molecule has 0 aromatic heterocycles. The van der Waals surface area contributed by atoms with Crippen LogP contribution in [0.25, 0.3) is 0 Å². The largest absolute Gasteiger partial charge is 0.508 e. The highest BCUT2D eigenvalue weighted by molar-refractivity contribution is 5.43. The zero-order valence-corrected chi connectivity index (χ0v) is 13.3. The summed E-state index contributed by atoms with van der Waals surface area (Å²) in [5.74, 6) is 1.04. The summed E-state index contributed by atoms with van der Waals surface area (Å²) in [6, 6.07) is 8.00. The summed E-state index contributed by atoms with van der Waals surface area (Å²) in [6.07, 6.45) is 12.0. The highest BCUT2D eigenvalue weighted by atomic mass is 16.3. The lowest BCUT2D eigenvalue weighted by Crippen LogP contribution is -2.61. The Hall–Kier alpha value is -1.54. The number of phenols is 1. The molecule has 1 aromatic carbocycles. The Bertz CT molecular complexity index is 643. The first-order chi connectivity index (χ1) is 10.7. The van der Waals surface area contributed by atoms with Gasteiger partial charge in [-0.1, -0.05) is 42.4 Å².